The maximum Gasteiger partial charge on any atom is 0.329 e. The molecule has 6 nitrogen and oxygen atoms in total. The largest absolute Gasteiger partial charge is 0.480 e. The average molecular weight is 279 g/mol. The van der Waals surface area contributed by atoms with Crippen molar-refractivity contribution < 1.29 is 14.6 Å². The number of nitrogens with zero attached hydrogens (tertiary/aromatic N) is 2. The van der Waals surface area contributed by atoms with Gasteiger partial charge in [-0.05, 0) is 26.7 Å². The van der Waals surface area contributed by atoms with Crippen LogP contribution in [0, 0.1) is 6.92 Å². The van der Waals surface area contributed by atoms with Crippen molar-refractivity contribution in [2.45, 2.75) is 51.5 Å². The number of carboxylic acid groups (broad SMARTS) is 1. The standard InChI is InChI=1S/C14H21N3O3/c1-3-20-11-9-10(2)15-13(16-11)17-14(12(18)19)7-5-4-6-8-14/h9H,3-8H2,1-2H3,(H,18,19)(H,15,16,17). The lowest BCUT2D eigenvalue weighted by molar-refractivity contribution is -0.143. The molecule has 1 aliphatic rings. The summed E-state index contributed by atoms with van der Waals surface area (Å²) in [6.45, 7) is 4.23. The molecule has 20 heavy (non-hydrogen) atoms. The third-order valence-electron chi connectivity index (χ3n) is 3.59. The van der Waals surface area contributed by atoms with Gasteiger partial charge in [0.1, 0.15) is 5.54 Å². The molecule has 2 rings (SSSR count). The molecule has 0 spiro atoms. The van der Waals surface area contributed by atoms with Crippen LogP contribution >= 0.6 is 0 Å². The maximum absolute atomic E-state index is 11.6. The molecule has 1 aromatic heterocycles. The highest BCUT2D eigenvalue weighted by Gasteiger charge is 2.40. The van der Waals surface area contributed by atoms with Crippen molar-refractivity contribution in [3.8, 4) is 5.88 Å². The van der Waals surface area contributed by atoms with E-state index in [0.717, 1.165) is 25.0 Å². The summed E-state index contributed by atoms with van der Waals surface area (Å²) in [5.41, 5.74) is -0.197. The second-order valence-electron chi connectivity index (χ2n) is 5.18. The first-order valence-electron chi connectivity index (χ1n) is 7.06. The second-order valence-corrected chi connectivity index (χ2v) is 5.18. The molecule has 0 saturated heterocycles. The van der Waals surface area contributed by atoms with Crippen LogP contribution in [0.25, 0.3) is 0 Å². The predicted molar refractivity (Wildman–Crippen MR) is 75.0 cm³/mol. The Morgan fingerprint density at radius 3 is 2.70 bits per heavy atom. The van der Waals surface area contributed by atoms with Gasteiger partial charge in [-0.2, -0.15) is 4.98 Å². The highest BCUT2D eigenvalue weighted by Crippen LogP contribution is 2.31. The van der Waals surface area contributed by atoms with Gasteiger partial charge in [-0.25, -0.2) is 9.78 Å². The summed E-state index contributed by atoms with van der Waals surface area (Å²) in [5, 5.41) is 12.6. The van der Waals surface area contributed by atoms with Crippen LogP contribution < -0.4 is 10.1 Å². The minimum atomic E-state index is -0.949. The van der Waals surface area contributed by atoms with Crippen LogP contribution in [0.15, 0.2) is 6.07 Å². The molecule has 0 unspecified atom stereocenters. The Bertz CT molecular complexity index is 485. The van der Waals surface area contributed by atoms with E-state index in [1.165, 1.54) is 0 Å². The molecule has 6 heteroatoms. The first-order valence-corrected chi connectivity index (χ1v) is 7.06. The van der Waals surface area contributed by atoms with E-state index in [1.807, 2.05) is 13.8 Å². The van der Waals surface area contributed by atoms with E-state index in [-0.39, 0.29) is 0 Å². The Morgan fingerprint density at radius 1 is 1.40 bits per heavy atom. The fraction of sp³-hybridized carbons (Fsp3) is 0.643. The fourth-order valence-electron chi connectivity index (χ4n) is 2.58. The van der Waals surface area contributed by atoms with Gasteiger partial charge in [-0.1, -0.05) is 19.3 Å². The summed E-state index contributed by atoms with van der Waals surface area (Å²) >= 11 is 0. The van der Waals surface area contributed by atoms with Crippen LogP contribution in [0.1, 0.15) is 44.7 Å². The molecule has 1 aromatic rings. The second kappa shape index (κ2) is 6.07. The number of anilines is 1. The van der Waals surface area contributed by atoms with Crippen molar-refractivity contribution in [3.05, 3.63) is 11.8 Å². The highest BCUT2D eigenvalue weighted by molar-refractivity contribution is 5.82. The lowest BCUT2D eigenvalue weighted by atomic mass is 9.82. The Balaban J connectivity index is 2.24. The molecule has 0 atom stereocenters. The van der Waals surface area contributed by atoms with Gasteiger partial charge in [0, 0.05) is 11.8 Å². The number of carboxylic acids is 1. The maximum atomic E-state index is 11.6. The van der Waals surface area contributed by atoms with Crippen LogP contribution in [-0.2, 0) is 4.79 Å². The molecular formula is C14H21N3O3. The molecule has 1 heterocycles. The zero-order valence-electron chi connectivity index (χ0n) is 12.0. The lowest BCUT2D eigenvalue weighted by Gasteiger charge is -2.34. The van der Waals surface area contributed by atoms with Gasteiger partial charge in [-0.3, -0.25) is 0 Å². The first kappa shape index (κ1) is 14.6. The fourth-order valence-corrected chi connectivity index (χ4v) is 2.58. The molecule has 110 valence electrons. The third kappa shape index (κ3) is 3.18. The first-order chi connectivity index (χ1) is 9.55. The SMILES string of the molecule is CCOc1cc(C)nc(NC2(C(=O)O)CCCCC2)n1. The van der Waals surface area contributed by atoms with Crippen LogP contribution in [0.5, 0.6) is 5.88 Å². The van der Waals surface area contributed by atoms with Crippen molar-refractivity contribution in [2.24, 2.45) is 0 Å². The molecule has 1 aliphatic carbocycles. The van der Waals surface area contributed by atoms with Crippen molar-refractivity contribution in [2.75, 3.05) is 11.9 Å². The number of aromatic nitrogens is 2. The summed E-state index contributed by atoms with van der Waals surface area (Å²) in [4.78, 5) is 20.1. The smallest absolute Gasteiger partial charge is 0.329 e. The number of ether oxygens (including phenoxy) is 1. The van der Waals surface area contributed by atoms with E-state index in [1.54, 1.807) is 6.07 Å². The van der Waals surface area contributed by atoms with Crippen molar-refractivity contribution in [1.82, 2.24) is 9.97 Å². The van der Waals surface area contributed by atoms with E-state index in [4.69, 9.17) is 4.74 Å². The van der Waals surface area contributed by atoms with Crippen molar-refractivity contribution in [3.63, 3.8) is 0 Å². The lowest BCUT2D eigenvalue weighted by Crippen LogP contribution is -2.48. The van der Waals surface area contributed by atoms with E-state index < -0.39 is 11.5 Å². The van der Waals surface area contributed by atoms with E-state index in [9.17, 15) is 9.90 Å². The number of aliphatic carboxylic acids is 1. The molecule has 1 fully saturated rings. The number of nitrogens with one attached hydrogen (secondary N) is 1. The van der Waals surface area contributed by atoms with Crippen LogP contribution in [0.2, 0.25) is 0 Å². The van der Waals surface area contributed by atoms with Crippen LogP contribution in [0.4, 0.5) is 5.95 Å². The van der Waals surface area contributed by atoms with Crippen molar-refractivity contribution in [1.29, 1.82) is 0 Å². The Morgan fingerprint density at radius 2 is 2.10 bits per heavy atom. The number of hydrogen-bond donors (Lipinski definition) is 2. The third-order valence-corrected chi connectivity index (χ3v) is 3.59. The van der Waals surface area contributed by atoms with Gasteiger partial charge in [0.05, 0.1) is 6.61 Å². The molecule has 2 N–H and O–H groups in total. The topological polar surface area (TPSA) is 84.3 Å². The summed E-state index contributed by atoms with van der Waals surface area (Å²) in [5.74, 6) is -0.0307. The molecule has 0 radical (unpaired) electrons. The van der Waals surface area contributed by atoms with E-state index in [0.29, 0.717) is 31.3 Å². The molecule has 0 amide bonds. The van der Waals surface area contributed by atoms with Crippen molar-refractivity contribution >= 4 is 11.9 Å². The molecule has 0 aromatic carbocycles. The van der Waals surface area contributed by atoms with Crippen LogP contribution in [0.3, 0.4) is 0 Å². The number of carbonyl (C=O) groups is 1. The summed E-state index contributed by atoms with van der Waals surface area (Å²) in [7, 11) is 0. The molecule has 0 aliphatic heterocycles. The van der Waals surface area contributed by atoms with Gasteiger partial charge in [0.15, 0.2) is 0 Å². The van der Waals surface area contributed by atoms with Gasteiger partial charge < -0.3 is 15.2 Å². The zero-order valence-corrected chi connectivity index (χ0v) is 12.0. The number of aryl methyl sites for hydroxylation is 1. The molecule has 1 saturated carbocycles. The molecule has 0 bridgehead atoms. The quantitative estimate of drug-likeness (QED) is 0.861. The Labute approximate surface area is 118 Å². The predicted octanol–water partition coefficient (Wildman–Crippen LogP) is 2.38. The van der Waals surface area contributed by atoms with E-state index in [2.05, 4.69) is 15.3 Å². The minimum absolute atomic E-state index is 0.331. The Kier molecular flexibility index (Phi) is 4.42. The molecular weight excluding hydrogens is 258 g/mol. The Hall–Kier alpha value is -1.85. The number of rotatable bonds is 5. The minimum Gasteiger partial charge on any atom is -0.480 e. The number of hydrogen-bond acceptors (Lipinski definition) is 5. The average Bonchev–Trinajstić information content (AvgIpc) is 2.39. The monoisotopic (exact) mass is 279 g/mol. The zero-order chi connectivity index (χ0) is 14.6. The summed E-state index contributed by atoms with van der Waals surface area (Å²) in [6, 6.07) is 1.74. The van der Waals surface area contributed by atoms with Gasteiger partial charge in [0.2, 0.25) is 11.8 Å². The van der Waals surface area contributed by atoms with E-state index >= 15 is 0 Å². The summed E-state index contributed by atoms with van der Waals surface area (Å²) < 4.78 is 5.37. The van der Waals surface area contributed by atoms with Gasteiger partial charge in [-0.15, -0.1) is 0 Å². The van der Waals surface area contributed by atoms with Gasteiger partial charge >= 0.3 is 5.97 Å². The highest BCUT2D eigenvalue weighted by atomic mass is 16.5. The van der Waals surface area contributed by atoms with Gasteiger partial charge in [0.25, 0.3) is 0 Å². The normalized spacial score (nSPS) is 17.5. The van der Waals surface area contributed by atoms with Crippen LogP contribution in [-0.4, -0.2) is 33.2 Å². The summed E-state index contributed by atoms with van der Waals surface area (Å²) in [6.07, 6.45) is 4.09.